The van der Waals surface area contributed by atoms with Crippen molar-refractivity contribution in [1.82, 2.24) is 10.2 Å². The van der Waals surface area contributed by atoms with Crippen molar-refractivity contribution in [1.29, 1.82) is 0 Å². The van der Waals surface area contributed by atoms with E-state index in [0.29, 0.717) is 11.3 Å². The summed E-state index contributed by atoms with van der Waals surface area (Å²) in [6, 6.07) is 12.6. The zero-order valence-electron chi connectivity index (χ0n) is 17.3. The van der Waals surface area contributed by atoms with Crippen LogP contribution in [0.5, 0.6) is 11.5 Å². The van der Waals surface area contributed by atoms with E-state index in [4.69, 9.17) is 14.6 Å². The van der Waals surface area contributed by atoms with Gasteiger partial charge in [0.2, 0.25) is 5.91 Å². The number of ether oxygens (including phenoxy) is 2. The van der Waals surface area contributed by atoms with Gasteiger partial charge >= 0.3 is 12.0 Å². The highest BCUT2D eigenvalue weighted by Gasteiger charge is 2.35. The Bertz CT molecular complexity index is 1080. The number of rotatable bonds is 8. The normalized spacial score (nSPS) is 15.3. The lowest BCUT2D eigenvalue weighted by molar-refractivity contribution is -0.144. The highest BCUT2D eigenvalue weighted by atomic mass is 16.5. The second-order valence-electron chi connectivity index (χ2n) is 6.77. The molecule has 0 aliphatic carbocycles. The Labute approximate surface area is 183 Å². The molecule has 0 aromatic heterocycles. The van der Waals surface area contributed by atoms with Crippen LogP contribution in [0.4, 0.5) is 10.5 Å². The molecule has 1 aliphatic heterocycles. The maximum absolute atomic E-state index is 12.7. The van der Waals surface area contributed by atoms with E-state index in [0.717, 1.165) is 4.90 Å². The molecule has 10 nitrogen and oxygen atoms in total. The Morgan fingerprint density at radius 3 is 2.53 bits per heavy atom. The number of carboxylic acids is 1. The third-order valence-corrected chi connectivity index (χ3v) is 4.49. The molecular formula is C22H21N3O7. The quantitative estimate of drug-likeness (QED) is 0.423. The fraction of sp³-hybridized carbons (Fsp3) is 0.182. The highest BCUT2D eigenvalue weighted by Crippen LogP contribution is 2.34. The van der Waals surface area contributed by atoms with Crippen molar-refractivity contribution >= 4 is 35.6 Å². The molecule has 1 aliphatic rings. The van der Waals surface area contributed by atoms with E-state index in [1.165, 1.54) is 20.1 Å². The average Bonchev–Trinajstić information content (AvgIpc) is 3.02. The number of carboxylic acid groups (broad SMARTS) is 1. The van der Waals surface area contributed by atoms with Gasteiger partial charge < -0.3 is 25.2 Å². The molecule has 32 heavy (non-hydrogen) atoms. The van der Waals surface area contributed by atoms with Gasteiger partial charge in [-0.1, -0.05) is 30.3 Å². The van der Waals surface area contributed by atoms with Crippen molar-refractivity contribution in [2.24, 2.45) is 0 Å². The molecule has 1 saturated heterocycles. The largest absolute Gasteiger partial charge is 0.493 e. The molecule has 0 spiro atoms. The van der Waals surface area contributed by atoms with Gasteiger partial charge in [-0.3, -0.25) is 9.59 Å². The van der Waals surface area contributed by atoms with Crippen molar-refractivity contribution in [2.75, 3.05) is 19.0 Å². The summed E-state index contributed by atoms with van der Waals surface area (Å²) in [6.07, 6.45) is 0.150. The molecule has 2 aromatic carbocycles. The maximum atomic E-state index is 12.7. The number of carbonyl (C=O) groups is 4. The number of urea groups is 1. The van der Waals surface area contributed by atoms with Gasteiger partial charge in [0.15, 0.2) is 17.6 Å². The van der Waals surface area contributed by atoms with E-state index >= 15 is 0 Å². The fourth-order valence-corrected chi connectivity index (χ4v) is 2.90. The number of amides is 4. The molecule has 3 N–H and O–H groups in total. The molecule has 3 rings (SSSR count). The van der Waals surface area contributed by atoms with Gasteiger partial charge in [-0.15, -0.1) is 0 Å². The minimum atomic E-state index is -1.18. The Hall–Kier alpha value is -4.34. The third-order valence-electron chi connectivity index (χ3n) is 4.49. The van der Waals surface area contributed by atoms with Gasteiger partial charge in [-0.25, -0.2) is 14.5 Å². The lowest BCUT2D eigenvalue weighted by atomic mass is 10.1. The molecule has 1 fully saturated rings. The molecule has 0 unspecified atom stereocenters. The van der Waals surface area contributed by atoms with E-state index < -0.39 is 36.5 Å². The molecular weight excluding hydrogens is 418 g/mol. The van der Waals surface area contributed by atoms with Gasteiger partial charge in [0.05, 0.1) is 7.11 Å². The van der Waals surface area contributed by atoms with Crippen molar-refractivity contribution in [3.63, 3.8) is 0 Å². The number of methoxy groups -OCH3 is 1. The lowest BCUT2D eigenvalue weighted by Gasteiger charge is -2.16. The van der Waals surface area contributed by atoms with Crippen LogP contribution in [0.15, 0.2) is 54.2 Å². The third kappa shape index (κ3) is 5.04. The monoisotopic (exact) mass is 439 g/mol. The van der Waals surface area contributed by atoms with Crippen LogP contribution in [0.2, 0.25) is 0 Å². The predicted molar refractivity (Wildman–Crippen MR) is 114 cm³/mol. The van der Waals surface area contributed by atoms with E-state index in [9.17, 15) is 19.2 Å². The molecule has 2 aromatic rings. The Balaban J connectivity index is 1.81. The topological polar surface area (TPSA) is 134 Å². The Morgan fingerprint density at radius 1 is 1.16 bits per heavy atom. The molecule has 1 atom stereocenters. The summed E-state index contributed by atoms with van der Waals surface area (Å²) in [5.74, 6) is -2.08. The van der Waals surface area contributed by atoms with Crippen LogP contribution in [-0.4, -0.2) is 53.6 Å². The molecule has 0 bridgehead atoms. The van der Waals surface area contributed by atoms with Crippen LogP contribution in [-0.2, 0) is 14.4 Å². The summed E-state index contributed by atoms with van der Waals surface area (Å²) in [4.78, 5) is 49.2. The van der Waals surface area contributed by atoms with Crippen LogP contribution >= 0.6 is 0 Å². The summed E-state index contributed by atoms with van der Waals surface area (Å²) < 4.78 is 10.7. The second-order valence-corrected chi connectivity index (χ2v) is 6.77. The zero-order valence-corrected chi connectivity index (χ0v) is 17.3. The number of nitrogens with zero attached hydrogens (tertiary/aromatic N) is 1. The molecule has 0 radical (unpaired) electrons. The number of imide groups is 1. The van der Waals surface area contributed by atoms with E-state index in [1.54, 1.807) is 48.5 Å². The number of nitrogens with one attached hydrogen (secondary N) is 2. The molecule has 1 heterocycles. The number of hydrogen-bond acceptors (Lipinski definition) is 6. The maximum Gasteiger partial charge on any atom is 0.344 e. The average molecular weight is 439 g/mol. The first kappa shape index (κ1) is 22.3. The minimum Gasteiger partial charge on any atom is -0.493 e. The van der Waals surface area contributed by atoms with Gasteiger partial charge in [0.25, 0.3) is 5.91 Å². The summed E-state index contributed by atoms with van der Waals surface area (Å²) in [7, 11) is 1.39. The summed E-state index contributed by atoms with van der Waals surface area (Å²) in [6.45, 7) is 0.871. The van der Waals surface area contributed by atoms with Crippen LogP contribution in [0, 0.1) is 0 Å². The van der Waals surface area contributed by atoms with Crippen molar-refractivity contribution in [3.05, 3.63) is 59.8 Å². The minimum absolute atomic E-state index is 0.0939. The van der Waals surface area contributed by atoms with Gasteiger partial charge in [-0.2, -0.15) is 0 Å². The first-order valence-corrected chi connectivity index (χ1v) is 9.56. The van der Waals surface area contributed by atoms with Gasteiger partial charge in [0.1, 0.15) is 12.2 Å². The van der Waals surface area contributed by atoms with Gasteiger partial charge in [-0.05, 0) is 31.2 Å². The molecule has 166 valence electrons. The first-order valence-electron chi connectivity index (χ1n) is 9.56. The predicted octanol–water partition coefficient (Wildman–Crippen LogP) is 2.08. The molecule has 4 amide bonds. The number of carbonyl (C=O) groups excluding carboxylic acids is 3. The molecule has 0 saturated carbocycles. The number of aliphatic carboxylic acids is 1. The summed E-state index contributed by atoms with van der Waals surface area (Å²) in [5, 5.41) is 14.2. The number of para-hydroxylation sites is 2. The summed E-state index contributed by atoms with van der Waals surface area (Å²) in [5.41, 5.74) is 0.756. The number of anilines is 1. The van der Waals surface area contributed by atoms with Crippen molar-refractivity contribution in [2.45, 2.75) is 13.0 Å². The fourth-order valence-electron chi connectivity index (χ4n) is 2.90. The van der Waals surface area contributed by atoms with E-state index in [1.807, 2.05) is 0 Å². The van der Waals surface area contributed by atoms with Crippen molar-refractivity contribution < 1.29 is 33.8 Å². The zero-order chi connectivity index (χ0) is 23.3. The van der Waals surface area contributed by atoms with E-state index in [-0.39, 0.29) is 17.2 Å². The smallest absolute Gasteiger partial charge is 0.344 e. The van der Waals surface area contributed by atoms with Crippen LogP contribution in [0.25, 0.3) is 6.08 Å². The number of hydrogen-bond donors (Lipinski definition) is 3. The van der Waals surface area contributed by atoms with Crippen molar-refractivity contribution in [3.8, 4) is 11.5 Å². The highest BCUT2D eigenvalue weighted by molar-refractivity contribution is 6.16. The van der Waals surface area contributed by atoms with Crippen LogP contribution in [0.1, 0.15) is 12.5 Å². The second kappa shape index (κ2) is 9.65. The van der Waals surface area contributed by atoms with Gasteiger partial charge in [0, 0.05) is 11.3 Å². The van der Waals surface area contributed by atoms with Crippen LogP contribution in [0.3, 0.4) is 0 Å². The number of benzene rings is 2. The molecule has 10 heteroatoms. The van der Waals surface area contributed by atoms with Crippen LogP contribution < -0.4 is 20.1 Å². The summed E-state index contributed by atoms with van der Waals surface area (Å²) >= 11 is 0. The SMILES string of the molecule is COc1cccc(/C=C2\NC(=O)N(CC(=O)Nc3ccccc3)C2=O)c1O[C@@H](C)C(=O)O. The lowest BCUT2D eigenvalue weighted by Crippen LogP contribution is -2.38. The standard InChI is InChI=1S/C22H21N3O7/c1-13(21(28)29)32-19-14(7-6-10-17(19)31-2)11-16-20(27)25(22(30)24-16)12-18(26)23-15-8-4-3-5-9-15/h3-11,13H,12H2,1-2H3,(H,23,26)(H,24,30)(H,28,29)/b16-11-/t13-/m0/s1. The Morgan fingerprint density at radius 2 is 1.88 bits per heavy atom. The van der Waals surface area contributed by atoms with E-state index in [2.05, 4.69) is 10.6 Å². The Kier molecular flexibility index (Phi) is 6.74. The first-order chi connectivity index (χ1) is 15.3.